The highest BCUT2D eigenvalue weighted by atomic mass is 16.5. The Morgan fingerprint density at radius 3 is 2.83 bits per heavy atom. The zero-order valence-corrected chi connectivity index (χ0v) is 17.5. The van der Waals surface area contributed by atoms with Crippen molar-refractivity contribution in [1.29, 1.82) is 0 Å². The van der Waals surface area contributed by atoms with Gasteiger partial charge in [-0.3, -0.25) is 0 Å². The molecule has 3 aromatic carbocycles. The number of rotatable bonds is 6. The standard InChI is InChI=1S/C25H28N2O3/c1-17-10-11-20(25(28)29)14-24(17)27-12-13-30-21(16-27)15-26-18(2)22-9-5-7-19-6-3-4-8-23(19)22/h3-11,14,18,21,26H,12-13,15-16H2,1-2H3,(H,28,29)/t18-,21?/m1/s1. The van der Waals surface area contributed by atoms with E-state index in [4.69, 9.17) is 4.74 Å². The van der Waals surface area contributed by atoms with Crippen LogP contribution >= 0.6 is 0 Å². The van der Waals surface area contributed by atoms with Crippen molar-refractivity contribution in [3.05, 3.63) is 77.4 Å². The van der Waals surface area contributed by atoms with Crippen LogP contribution in [0.1, 0.15) is 34.5 Å². The minimum absolute atomic E-state index is 0.0454. The van der Waals surface area contributed by atoms with Crippen LogP contribution < -0.4 is 10.2 Å². The van der Waals surface area contributed by atoms with Crippen molar-refractivity contribution in [2.75, 3.05) is 31.1 Å². The van der Waals surface area contributed by atoms with E-state index in [-0.39, 0.29) is 12.1 Å². The molecule has 0 aliphatic carbocycles. The minimum Gasteiger partial charge on any atom is -0.478 e. The van der Waals surface area contributed by atoms with Gasteiger partial charge >= 0.3 is 5.97 Å². The molecule has 2 N–H and O–H groups in total. The molecule has 1 aliphatic heterocycles. The topological polar surface area (TPSA) is 61.8 Å². The zero-order valence-electron chi connectivity index (χ0n) is 17.5. The predicted octanol–water partition coefficient (Wildman–Crippen LogP) is 4.40. The first-order valence-corrected chi connectivity index (χ1v) is 10.4. The molecule has 5 heteroatoms. The van der Waals surface area contributed by atoms with Crippen LogP contribution in [0.15, 0.2) is 60.7 Å². The normalized spacial score (nSPS) is 17.8. The Morgan fingerprint density at radius 1 is 1.20 bits per heavy atom. The lowest BCUT2D eigenvalue weighted by molar-refractivity contribution is 0.0394. The third kappa shape index (κ3) is 4.32. The molecule has 4 rings (SSSR count). The predicted molar refractivity (Wildman–Crippen MR) is 120 cm³/mol. The Kier molecular flexibility index (Phi) is 6.02. The number of anilines is 1. The highest BCUT2D eigenvalue weighted by molar-refractivity contribution is 5.89. The maximum absolute atomic E-state index is 11.4. The van der Waals surface area contributed by atoms with Crippen LogP contribution in [-0.2, 0) is 4.74 Å². The molecule has 5 nitrogen and oxygen atoms in total. The molecule has 1 aliphatic rings. The monoisotopic (exact) mass is 404 g/mol. The molecule has 0 bridgehead atoms. The van der Waals surface area contributed by atoms with Gasteiger partial charge in [0.2, 0.25) is 0 Å². The molecular formula is C25H28N2O3. The molecule has 0 amide bonds. The number of hydrogen-bond acceptors (Lipinski definition) is 4. The number of carboxylic acid groups (broad SMARTS) is 1. The SMILES string of the molecule is Cc1ccc(C(=O)O)cc1N1CCOC(CN[C@H](C)c2cccc3ccccc23)C1. The summed E-state index contributed by atoms with van der Waals surface area (Å²) in [6.07, 6.45) is 0.0454. The van der Waals surface area contributed by atoms with Crippen LogP contribution in [0.3, 0.4) is 0 Å². The van der Waals surface area contributed by atoms with Gasteiger partial charge < -0.3 is 20.1 Å². The number of ether oxygens (including phenoxy) is 1. The smallest absolute Gasteiger partial charge is 0.335 e. The van der Waals surface area contributed by atoms with Crippen LogP contribution in [-0.4, -0.2) is 43.4 Å². The second kappa shape index (κ2) is 8.86. The van der Waals surface area contributed by atoms with E-state index in [1.807, 2.05) is 13.0 Å². The number of aryl methyl sites for hydroxylation is 1. The number of nitrogens with one attached hydrogen (secondary N) is 1. The molecule has 3 aromatic rings. The number of morpholine rings is 1. The largest absolute Gasteiger partial charge is 0.478 e. The summed E-state index contributed by atoms with van der Waals surface area (Å²) in [6.45, 7) is 7.07. The van der Waals surface area contributed by atoms with Gasteiger partial charge in [-0.05, 0) is 47.9 Å². The van der Waals surface area contributed by atoms with Crippen molar-refractivity contribution in [3.8, 4) is 0 Å². The van der Waals surface area contributed by atoms with Gasteiger partial charge in [0.25, 0.3) is 0 Å². The number of benzene rings is 3. The first kappa shape index (κ1) is 20.4. The summed E-state index contributed by atoms with van der Waals surface area (Å²) in [5, 5.41) is 15.5. The van der Waals surface area contributed by atoms with Crippen molar-refractivity contribution in [2.45, 2.75) is 26.0 Å². The van der Waals surface area contributed by atoms with E-state index in [9.17, 15) is 9.90 Å². The van der Waals surface area contributed by atoms with Gasteiger partial charge in [-0.25, -0.2) is 4.79 Å². The van der Waals surface area contributed by atoms with Gasteiger partial charge in [-0.2, -0.15) is 0 Å². The Balaban J connectivity index is 1.43. The second-order valence-corrected chi connectivity index (χ2v) is 7.94. The summed E-state index contributed by atoms with van der Waals surface area (Å²) in [5.41, 5.74) is 3.66. The molecule has 1 unspecified atom stereocenters. The summed E-state index contributed by atoms with van der Waals surface area (Å²) in [4.78, 5) is 13.6. The quantitative estimate of drug-likeness (QED) is 0.638. The highest BCUT2D eigenvalue weighted by Gasteiger charge is 2.23. The van der Waals surface area contributed by atoms with E-state index >= 15 is 0 Å². The van der Waals surface area contributed by atoms with Crippen molar-refractivity contribution < 1.29 is 14.6 Å². The number of fused-ring (bicyclic) bond motifs is 1. The molecule has 30 heavy (non-hydrogen) atoms. The third-order valence-corrected chi connectivity index (χ3v) is 5.88. The van der Waals surface area contributed by atoms with E-state index in [1.54, 1.807) is 12.1 Å². The Bertz CT molecular complexity index is 1040. The lowest BCUT2D eigenvalue weighted by Gasteiger charge is -2.36. The average molecular weight is 405 g/mol. The number of carbonyl (C=O) groups is 1. The fourth-order valence-electron chi connectivity index (χ4n) is 4.19. The summed E-state index contributed by atoms with van der Waals surface area (Å²) in [7, 11) is 0. The second-order valence-electron chi connectivity index (χ2n) is 7.94. The highest BCUT2D eigenvalue weighted by Crippen LogP contribution is 2.26. The van der Waals surface area contributed by atoms with E-state index in [0.717, 1.165) is 30.9 Å². The van der Waals surface area contributed by atoms with Gasteiger partial charge in [0.05, 0.1) is 18.3 Å². The first-order chi connectivity index (χ1) is 14.5. The molecule has 0 aromatic heterocycles. The van der Waals surface area contributed by atoms with Gasteiger partial charge in [0.15, 0.2) is 0 Å². The van der Waals surface area contributed by atoms with Crippen molar-refractivity contribution >= 4 is 22.4 Å². The first-order valence-electron chi connectivity index (χ1n) is 10.4. The fraction of sp³-hybridized carbons (Fsp3) is 0.320. The molecule has 0 radical (unpaired) electrons. The van der Waals surface area contributed by atoms with E-state index in [0.29, 0.717) is 12.2 Å². The van der Waals surface area contributed by atoms with Crippen LogP contribution in [0.5, 0.6) is 0 Å². The molecule has 1 saturated heterocycles. The average Bonchev–Trinajstić information content (AvgIpc) is 2.77. The van der Waals surface area contributed by atoms with Crippen LogP contribution in [0.25, 0.3) is 10.8 Å². The maximum Gasteiger partial charge on any atom is 0.335 e. The van der Waals surface area contributed by atoms with Gasteiger partial charge in [-0.1, -0.05) is 48.5 Å². The molecule has 1 heterocycles. The number of carboxylic acids is 1. The van der Waals surface area contributed by atoms with Gasteiger partial charge in [0.1, 0.15) is 0 Å². The van der Waals surface area contributed by atoms with Crippen LogP contribution in [0.4, 0.5) is 5.69 Å². The van der Waals surface area contributed by atoms with Crippen molar-refractivity contribution in [3.63, 3.8) is 0 Å². The zero-order chi connectivity index (χ0) is 21.1. The summed E-state index contributed by atoms with van der Waals surface area (Å²) < 4.78 is 6.00. The minimum atomic E-state index is -0.897. The summed E-state index contributed by atoms with van der Waals surface area (Å²) >= 11 is 0. The van der Waals surface area contributed by atoms with E-state index in [1.165, 1.54) is 16.3 Å². The Labute approximate surface area is 177 Å². The van der Waals surface area contributed by atoms with Crippen LogP contribution in [0.2, 0.25) is 0 Å². The van der Waals surface area contributed by atoms with E-state index < -0.39 is 5.97 Å². The third-order valence-electron chi connectivity index (χ3n) is 5.88. The lowest BCUT2D eigenvalue weighted by atomic mass is 9.99. The number of hydrogen-bond donors (Lipinski definition) is 2. The van der Waals surface area contributed by atoms with Gasteiger partial charge in [-0.15, -0.1) is 0 Å². The van der Waals surface area contributed by atoms with Crippen molar-refractivity contribution in [1.82, 2.24) is 5.32 Å². The summed E-state index contributed by atoms with van der Waals surface area (Å²) in [6, 6.07) is 20.4. The number of nitrogens with zero attached hydrogens (tertiary/aromatic N) is 1. The molecule has 0 spiro atoms. The summed E-state index contributed by atoms with van der Waals surface area (Å²) in [5.74, 6) is -0.897. The Morgan fingerprint density at radius 2 is 2.00 bits per heavy atom. The van der Waals surface area contributed by atoms with E-state index in [2.05, 4.69) is 59.6 Å². The van der Waals surface area contributed by atoms with Crippen molar-refractivity contribution in [2.24, 2.45) is 0 Å². The molecule has 0 saturated carbocycles. The van der Waals surface area contributed by atoms with Crippen LogP contribution in [0, 0.1) is 6.92 Å². The number of aromatic carboxylic acids is 1. The lowest BCUT2D eigenvalue weighted by Crippen LogP contribution is -2.47. The molecular weight excluding hydrogens is 376 g/mol. The maximum atomic E-state index is 11.4. The fourth-order valence-corrected chi connectivity index (χ4v) is 4.19. The molecule has 2 atom stereocenters. The molecule has 1 fully saturated rings. The molecule has 156 valence electrons. The van der Waals surface area contributed by atoms with Gasteiger partial charge in [0, 0.05) is 31.4 Å². The Hall–Kier alpha value is -2.89.